The molecule has 0 fully saturated rings. The van der Waals surface area contributed by atoms with E-state index in [-0.39, 0.29) is 0 Å². The minimum atomic E-state index is -4.59. The van der Waals surface area contributed by atoms with Crippen molar-refractivity contribution in [1.82, 2.24) is 0 Å². The Kier molecular flexibility index (Phi) is 11.1. The molecule has 0 aliphatic heterocycles. The van der Waals surface area contributed by atoms with Crippen LogP contribution in [-0.4, -0.2) is 28.3 Å². The van der Waals surface area contributed by atoms with E-state index in [1.165, 1.54) is 0 Å². The molecule has 0 heterocycles. The van der Waals surface area contributed by atoms with E-state index in [1.54, 1.807) is 12.2 Å². The van der Waals surface area contributed by atoms with Gasteiger partial charge in [-0.25, -0.2) is 9.82 Å². The number of hydrogen-bond acceptors (Lipinski definition) is 4. The number of phosphoric acid groups is 1. The number of rotatable bonds is 5. The summed E-state index contributed by atoms with van der Waals surface area (Å²) in [5, 5.41) is 7.14. The zero-order chi connectivity index (χ0) is 10.7. The first-order valence-electron chi connectivity index (χ1n) is 3.16. The average molecular weight is 212 g/mol. The van der Waals surface area contributed by atoms with Gasteiger partial charge in [-0.15, -0.1) is 17.8 Å². The highest BCUT2D eigenvalue weighted by atomic mass is 31.2. The van der Waals surface area contributed by atoms with Crippen LogP contribution >= 0.6 is 7.82 Å². The van der Waals surface area contributed by atoms with Gasteiger partial charge in [0.25, 0.3) is 0 Å². The maximum Gasteiger partial charge on any atom is 0.496 e. The van der Waals surface area contributed by atoms with Crippen LogP contribution in [0, 0.1) is 0 Å². The summed E-state index contributed by atoms with van der Waals surface area (Å²) in [5.74, 6) is 0. The van der Waals surface area contributed by atoms with Crippen molar-refractivity contribution in [2.75, 3.05) is 13.2 Å². The minimum Gasteiger partial charge on any atom is -0.373 e. The minimum absolute atomic E-state index is 0.617. The predicted octanol–water partition coefficient (Wildman–Crippen LogP) is 0.944. The molecule has 0 aromatic rings. The summed E-state index contributed by atoms with van der Waals surface area (Å²) in [6.07, 6.45) is 3.42. The van der Waals surface area contributed by atoms with Crippen LogP contribution in [0.5, 0.6) is 0 Å². The van der Waals surface area contributed by atoms with Crippen molar-refractivity contribution in [3.05, 3.63) is 25.3 Å². The van der Waals surface area contributed by atoms with E-state index in [0.717, 1.165) is 0 Å². The molecular formula is C6H13O6P. The fourth-order valence-electron chi connectivity index (χ4n) is 0.235. The van der Waals surface area contributed by atoms with Crippen LogP contribution in [0.4, 0.5) is 0 Å². The smallest absolute Gasteiger partial charge is 0.373 e. The Morgan fingerprint density at radius 3 is 1.69 bits per heavy atom. The Morgan fingerprint density at radius 1 is 1.23 bits per heavy atom. The lowest BCUT2D eigenvalue weighted by Gasteiger charge is -1.90. The monoisotopic (exact) mass is 212 g/mol. The van der Waals surface area contributed by atoms with Crippen LogP contribution < -0.4 is 0 Å². The first kappa shape index (κ1) is 15.0. The standard InChI is InChI=1S/C6H10O.H3O5P/c1-3-5-7-6-4-2;1-5-6(2,3)4/h3-4H,1-2,5-6H2;1H,(H2,2,3,4). The van der Waals surface area contributed by atoms with Gasteiger partial charge in [0.15, 0.2) is 0 Å². The van der Waals surface area contributed by atoms with Gasteiger partial charge in [-0.2, -0.15) is 0 Å². The molecule has 6 nitrogen and oxygen atoms in total. The van der Waals surface area contributed by atoms with E-state index in [4.69, 9.17) is 19.8 Å². The van der Waals surface area contributed by atoms with Gasteiger partial charge in [0.1, 0.15) is 0 Å². The summed E-state index contributed by atoms with van der Waals surface area (Å²) in [6.45, 7) is 8.18. The molecule has 7 heteroatoms. The van der Waals surface area contributed by atoms with Crippen molar-refractivity contribution in [2.24, 2.45) is 0 Å². The van der Waals surface area contributed by atoms with Crippen LogP contribution in [0.2, 0.25) is 0 Å². The lowest BCUT2D eigenvalue weighted by atomic mass is 10.6. The molecule has 0 saturated heterocycles. The average Bonchev–Trinajstić information content (AvgIpc) is 2.06. The van der Waals surface area contributed by atoms with Crippen molar-refractivity contribution < 1.29 is 29.0 Å². The van der Waals surface area contributed by atoms with Crippen LogP contribution in [0.3, 0.4) is 0 Å². The highest BCUT2D eigenvalue weighted by molar-refractivity contribution is 7.46. The summed E-state index contributed by atoms with van der Waals surface area (Å²) in [5.41, 5.74) is 0. The van der Waals surface area contributed by atoms with Gasteiger partial charge in [-0.05, 0) is 0 Å². The molecule has 0 aromatic carbocycles. The molecular weight excluding hydrogens is 199 g/mol. The van der Waals surface area contributed by atoms with Gasteiger partial charge in [0, 0.05) is 0 Å². The van der Waals surface area contributed by atoms with E-state index in [2.05, 4.69) is 17.8 Å². The normalized spacial score (nSPS) is 9.77. The Hall–Kier alpha value is -0.490. The molecule has 0 amide bonds. The Labute approximate surface area is 76.3 Å². The van der Waals surface area contributed by atoms with Crippen molar-refractivity contribution in [3.63, 3.8) is 0 Å². The second-order valence-corrected chi connectivity index (χ2v) is 2.83. The van der Waals surface area contributed by atoms with Crippen LogP contribution in [-0.2, 0) is 14.0 Å². The molecule has 0 saturated carbocycles. The van der Waals surface area contributed by atoms with Gasteiger partial charge >= 0.3 is 7.82 Å². The van der Waals surface area contributed by atoms with E-state index in [1.807, 2.05) is 0 Å². The maximum absolute atomic E-state index is 9.22. The van der Waals surface area contributed by atoms with Crippen molar-refractivity contribution in [3.8, 4) is 0 Å². The summed E-state index contributed by atoms with van der Waals surface area (Å²) in [4.78, 5) is 14.9. The van der Waals surface area contributed by atoms with Gasteiger partial charge in [0.2, 0.25) is 0 Å². The number of hydrogen-bond donors (Lipinski definition) is 3. The third-order valence-corrected chi connectivity index (χ3v) is 0.790. The fourth-order valence-corrected chi connectivity index (χ4v) is 0.235. The molecule has 0 rings (SSSR count). The van der Waals surface area contributed by atoms with Gasteiger partial charge in [-0.3, -0.25) is 0 Å². The summed E-state index contributed by atoms with van der Waals surface area (Å²) in [6, 6.07) is 0. The van der Waals surface area contributed by atoms with E-state index in [0.29, 0.717) is 13.2 Å². The largest absolute Gasteiger partial charge is 0.496 e. The van der Waals surface area contributed by atoms with Crippen LogP contribution in [0.15, 0.2) is 25.3 Å². The summed E-state index contributed by atoms with van der Waals surface area (Å²) in [7, 11) is -4.59. The zero-order valence-electron chi connectivity index (χ0n) is 7.00. The Morgan fingerprint density at radius 2 is 1.54 bits per heavy atom. The van der Waals surface area contributed by atoms with E-state index >= 15 is 0 Å². The second kappa shape index (κ2) is 9.60. The van der Waals surface area contributed by atoms with Crippen molar-refractivity contribution in [2.45, 2.75) is 0 Å². The maximum atomic E-state index is 9.22. The Bertz CT molecular complexity index is 166. The molecule has 0 aromatic heterocycles. The summed E-state index contributed by atoms with van der Waals surface area (Å²) < 4.78 is 16.7. The molecule has 0 radical (unpaired) electrons. The zero-order valence-corrected chi connectivity index (χ0v) is 7.89. The van der Waals surface area contributed by atoms with Crippen LogP contribution in [0.1, 0.15) is 0 Å². The highest BCUT2D eigenvalue weighted by Crippen LogP contribution is 2.33. The molecule has 0 aliphatic carbocycles. The number of ether oxygens (including phenoxy) is 1. The molecule has 0 atom stereocenters. The third-order valence-electron chi connectivity index (χ3n) is 0.578. The lowest BCUT2D eigenvalue weighted by Crippen LogP contribution is -1.87. The summed E-state index contributed by atoms with van der Waals surface area (Å²) >= 11 is 0. The van der Waals surface area contributed by atoms with Crippen molar-refractivity contribution in [1.29, 1.82) is 0 Å². The molecule has 3 N–H and O–H groups in total. The van der Waals surface area contributed by atoms with E-state index < -0.39 is 7.82 Å². The second-order valence-electron chi connectivity index (χ2n) is 1.69. The molecule has 13 heavy (non-hydrogen) atoms. The quantitative estimate of drug-likeness (QED) is 0.206. The van der Waals surface area contributed by atoms with Gasteiger partial charge in [0.05, 0.1) is 13.2 Å². The lowest BCUT2D eigenvalue weighted by molar-refractivity contribution is -0.158. The van der Waals surface area contributed by atoms with Crippen LogP contribution in [0.25, 0.3) is 0 Å². The first-order chi connectivity index (χ1) is 5.97. The molecule has 0 unspecified atom stereocenters. The first-order valence-corrected chi connectivity index (χ1v) is 4.69. The SMILES string of the molecule is C=CCOCC=C.O=P(O)(O)OO. The van der Waals surface area contributed by atoms with Gasteiger partial charge in [-0.1, -0.05) is 12.2 Å². The molecule has 0 bridgehead atoms. The fraction of sp³-hybridized carbons (Fsp3) is 0.333. The van der Waals surface area contributed by atoms with E-state index in [9.17, 15) is 4.57 Å². The molecule has 0 spiro atoms. The Balaban J connectivity index is 0. The topological polar surface area (TPSA) is 96.2 Å². The molecule has 0 aliphatic rings. The molecule has 78 valence electrons. The predicted molar refractivity (Wildman–Crippen MR) is 47.0 cm³/mol. The van der Waals surface area contributed by atoms with Gasteiger partial charge < -0.3 is 14.5 Å². The van der Waals surface area contributed by atoms with Crippen molar-refractivity contribution >= 4 is 7.82 Å². The third kappa shape index (κ3) is 24.6. The highest BCUT2D eigenvalue weighted by Gasteiger charge is 2.10.